The van der Waals surface area contributed by atoms with Gasteiger partial charge in [-0.25, -0.2) is 0 Å². The van der Waals surface area contributed by atoms with Crippen molar-refractivity contribution < 1.29 is 83.7 Å². The first-order chi connectivity index (χ1) is 29.3. The lowest BCUT2D eigenvalue weighted by atomic mass is 9.99. The van der Waals surface area contributed by atoms with Crippen LogP contribution in [0.15, 0.2) is 0 Å². The normalized spacial score (nSPS) is 27.0. The molecule has 2 rings (SSSR count). The molecule has 0 radical (unpaired) electrons. The maximum Gasteiger partial charge on any atom is 0.222 e. The lowest BCUT2D eigenvalue weighted by Gasteiger charge is -2.39. The first kappa shape index (κ1) is 54.5. The quantitative estimate of drug-likeness (QED) is 0.0299. The molecule has 21 heteroatoms. The predicted molar refractivity (Wildman–Crippen MR) is 216 cm³/mol. The van der Waals surface area contributed by atoms with Crippen molar-refractivity contribution in [2.45, 2.75) is 170 Å². The highest BCUT2D eigenvalue weighted by atomic mass is 16.7. The molecule has 61 heavy (non-hydrogen) atoms. The van der Waals surface area contributed by atoms with Crippen molar-refractivity contribution in [2.24, 2.45) is 0 Å². The Kier molecular flexibility index (Phi) is 28.7. The van der Waals surface area contributed by atoms with Crippen LogP contribution in [0, 0.1) is 0 Å². The van der Waals surface area contributed by atoms with Crippen LogP contribution in [0.1, 0.15) is 103 Å². The molecule has 2 heterocycles. The van der Waals surface area contributed by atoms with E-state index in [1.807, 2.05) is 0 Å². The van der Waals surface area contributed by atoms with Gasteiger partial charge in [0.25, 0.3) is 0 Å². The monoisotopic (exact) mass is 883 g/mol. The molecule has 0 saturated carbocycles. The summed E-state index contributed by atoms with van der Waals surface area (Å²) in [5, 5.41) is 89.7. The summed E-state index contributed by atoms with van der Waals surface area (Å²) < 4.78 is 26.5. The van der Waals surface area contributed by atoms with Crippen molar-refractivity contribution in [2.75, 3.05) is 59.8 Å². The average Bonchev–Trinajstić information content (AvgIpc) is 3.24. The van der Waals surface area contributed by atoms with E-state index in [1.54, 1.807) is 7.11 Å². The van der Waals surface area contributed by atoms with Crippen molar-refractivity contribution in [3.63, 3.8) is 0 Å². The topological polar surface area (TPSA) is 324 Å². The van der Waals surface area contributed by atoms with Crippen LogP contribution < -0.4 is 21.3 Å². The fraction of sp³-hybridized carbons (Fsp3) is 0.900. The SMILES string of the molecule is COCCCCCCNC(=O)C[C@H](CCCCNC(=O)CCCCO[C@@H]1OC(CO)[C@@H](O)[C@H](O)C1O)NC(=O)CCCNC(=O)CCCCO[C@@H]1OC(CO)[C@@H](O)[C@H](O)C1O. The molecule has 2 fully saturated rings. The van der Waals surface area contributed by atoms with E-state index in [9.17, 15) is 60.0 Å². The minimum absolute atomic E-state index is 0.101. The van der Waals surface area contributed by atoms with E-state index in [0.29, 0.717) is 71.1 Å². The number of amides is 4. The van der Waals surface area contributed by atoms with Crippen LogP contribution in [0.4, 0.5) is 0 Å². The highest BCUT2D eigenvalue weighted by Gasteiger charge is 2.45. The van der Waals surface area contributed by atoms with Gasteiger partial charge >= 0.3 is 0 Å². The average molecular weight is 883 g/mol. The van der Waals surface area contributed by atoms with Crippen LogP contribution in [-0.4, -0.2) is 192 Å². The number of aliphatic hydroxyl groups is 8. The van der Waals surface area contributed by atoms with Crippen LogP contribution >= 0.6 is 0 Å². The summed E-state index contributed by atoms with van der Waals surface area (Å²) in [4.78, 5) is 50.3. The van der Waals surface area contributed by atoms with Crippen LogP contribution in [0.3, 0.4) is 0 Å². The molecule has 2 aliphatic heterocycles. The van der Waals surface area contributed by atoms with Gasteiger partial charge in [-0.1, -0.05) is 12.8 Å². The Bertz CT molecular complexity index is 1220. The molecule has 2 aliphatic rings. The van der Waals surface area contributed by atoms with Gasteiger partial charge in [0.15, 0.2) is 12.6 Å². The second kappa shape index (κ2) is 32.1. The van der Waals surface area contributed by atoms with Gasteiger partial charge < -0.3 is 85.8 Å². The number of hydrogen-bond donors (Lipinski definition) is 12. The third kappa shape index (κ3) is 22.0. The molecular formula is C40H74N4O17. The highest BCUT2D eigenvalue weighted by molar-refractivity contribution is 5.80. The molecule has 12 N–H and O–H groups in total. The van der Waals surface area contributed by atoms with Crippen LogP contribution in [0.2, 0.25) is 0 Å². The van der Waals surface area contributed by atoms with E-state index in [2.05, 4.69) is 21.3 Å². The van der Waals surface area contributed by atoms with Crippen molar-refractivity contribution in [1.82, 2.24) is 21.3 Å². The van der Waals surface area contributed by atoms with Crippen molar-refractivity contribution in [1.29, 1.82) is 0 Å². The summed E-state index contributed by atoms with van der Waals surface area (Å²) in [5.41, 5.74) is 0. The van der Waals surface area contributed by atoms with E-state index in [4.69, 9.17) is 23.7 Å². The van der Waals surface area contributed by atoms with E-state index in [0.717, 1.165) is 25.7 Å². The van der Waals surface area contributed by atoms with Crippen molar-refractivity contribution in [3.05, 3.63) is 0 Å². The highest BCUT2D eigenvalue weighted by Crippen LogP contribution is 2.23. The standard InChI is InChI=1S/C40H74N4O17/c1-57-20-9-3-2-7-17-43-32(50)23-26(13-4-8-18-41-29(47)14-5-10-21-58-39-37(55)35(53)33(51)27(24-45)60-39)44-31(49)16-12-19-42-30(48)15-6-11-22-59-40-38(56)36(54)34(52)28(25-46)61-40/h26-28,33-40,45-46,51-56H,2-25H2,1H3,(H,41,47)(H,42,48)(H,43,50)(H,44,49)/t26-,27?,28?,33+,34+,35-,36-,37?,38?,39+,40+/m0/s1. The summed E-state index contributed by atoms with van der Waals surface area (Å²) in [6.07, 6.45) is -5.16. The zero-order valence-corrected chi connectivity index (χ0v) is 35.6. The van der Waals surface area contributed by atoms with E-state index in [-0.39, 0.29) is 69.1 Å². The smallest absolute Gasteiger partial charge is 0.222 e. The molecule has 0 aromatic rings. The number of rotatable bonds is 33. The zero-order chi connectivity index (χ0) is 45.0. The maximum absolute atomic E-state index is 12.9. The van der Waals surface area contributed by atoms with Crippen LogP contribution in [0.25, 0.3) is 0 Å². The maximum atomic E-state index is 12.9. The molecule has 0 spiro atoms. The van der Waals surface area contributed by atoms with Crippen LogP contribution in [0.5, 0.6) is 0 Å². The molecule has 4 amide bonds. The first-order valence-electron chi connectivity index (χ1n) is 21.7. The molecule has 0 bridgehead atoms. The van der Waals surface area contributed by atoms with E-state index < -0.39 is 80.7 Å². The fourth-order valence-electron chi connectivity index (χ4n) is 6.76. The summed E-state index contributed by atoms with van der Waals surface area (Å²) in [6, 6.07) is -0.423. The van der Waals surface area contributed by atoms with Gasteiger partial charge in [0.1, 0.15) is 48.8 Å². The number of nitrogens with one attached hydrogen (secondary N) is 4. The van der Waals surface area contributed by atoms with Crippen molar-refractivity contribution >= 4 is 23.6 Å². The fourth-order valence-corrected chi connectivity index (χ4v) is 6.76. The Morgan fingerprint density at radius 2 is 0.951 bits per heavy atom. The second-order valence-electron chi connectivity index (χ2n) is 15.6. The zero-order valence-electron chi connectivity index (χ0n) is 35.6. The molecule has 356 valence electrons. The Labute approximate surface area is 358 Å². The Balaban J connectivity index is 1.65. The summed E-state index contributed by atoms with van der Waals surface area (Å²) in [6.45, 7) is 1.02. The number of carbonyl (C=O) groups is 4. The van der Waals surface area contributed by atoms with E-state index >= 15 is 0 Å². The first-order valence-corrected chi connectivity index (χ1v) is 21.7. The lowest BCUT2D eigenvalue weighted by Crippen LogP contribution is -2.59. The molecule has 11 atom stereocenters. The number of aliphatic hydroxyl groups excluding tert-OH is 8. The minimum Gasteiger partial charge on any atom is -0.394 e. The van der Waals surface area contributed by atoms with Gasteiger partial charge in [-0.3, -0.25) is 19.2 Å². The minimum atomic E-state index is -1.53. The predicted octanol–water partition coefficient (Wildman–Crippen LogP) is -2.66. The molecule has 0 aromatic carbocycles. The third-order valence-electron chi connectivity index (χ3n) is 10.5. The van der Waals surface area contributed by atoms with Gasteiger partial charge in [-0.2, -0.15) is 0 Å². The summed E-state index contributed by atoms with van der Waals surface area (Å²) in [7, 11) is 1.66. The van der Waals surface area contributed by atoms with Gasteiger partial charge in [-0.05, 0) is 64.2 Å². The van der Waals surface area contributed by atoms with E-state index in [1.165, 1.54) is 0 Å². The van der Waals surface area contributed by atoms with Crippen molar-refractivity contribution in [3.8, 4) is 0 Å². The third-order valence-corrected chi connectivity index (χ3v) is 10.5. The largest absolute Gasteiger partial charge is 0.394 e. The van der Waals surface area contributed by atoms with Gasteiger partial charge in [0.05, 0.1) is 13.2 Å². The van der Waals surface area contributed by atoms with Gasteiger partial charge in [0, 0.05) is 78.3 Å². The van der Waals surface area contributed by atoms with Gasteiger partial charge in [0.2, 0.25) is 23.6 Å². The number of methoxy groups -OCH3 is 1. The summed E-state index contributed by atoms with van der Waals surface area (Å²) >= 11 is 0. The molecule has 21 nitrogen and oxygen atoms in total. The summed E-state index contributed by atoms with van der Waals surface area (Å²) in [5.74, 6) is -0.794. The number of carbonyl (C=O) groups excluding carboxylic acids is 4. The number of ether oxygens (including phenoxy) is 5. The molecular weight excluding hydrogens is 808 g/mol. The Morgan fingerprint density at radius 1 is 0.508 bits per heavy atom. The molecule has 0 aliphatic carbocycles. The Hall–Kier alpha value is -2.64. The molecule has 0 aromatic heterocycles. The lowest BCUT2D eigenvalue weighted by molar-refractivity contribution is -0.301. The number of hydrogen-bond acceptors (Lipinski definition) is 17. The van der Waals surface area contributed by atoms with Gasteiger partial charge in [-0.15, -0.1) is 0 Å². The number of unbranched alkanes of at least 4 members (excludes halogenated alkanes) is 6. The Morgan fingerprint density at radius 3 is 1.46 bits per heavy atom. The molecule has 2 saturated heterocycles. The second-order valence-corrected chi connectivity index (χ2v) is 15.6. The molecule has 4 unspecified atom stereocenters. The van der Waals surface area contributed by atoms with Crippen LogP contribution in [-0.2, 0) is 42.9 Å².